The number of ether oxygens (including phenoxy) is 2. The molecule has 0 saturated carbocycles. The molecule has 0 aromatic heterocycles. The summed E-state index contributed by atoms with van der Waals surface area (Å²) in [5, 5.41) is 4.04. The highest BCUT2D eigenvalue weighted by molar-refractivity contribution is 6.01. The van der Waals surface area contributed by atoms with E-state index in [9.17, 15) is 23.2 Å². The van der Waals surface area contributed by atoms with Crippen LogP contribution < -0.4 is 15.4 Å². The molecule has 0 aliphatic carbocycles. The molecule has 7 nitrogen and oxygen atoms in total. The van der Waals surface area contributed by atoms with Gasteiger partial charge in [-0.05, 0) is 29.8 Å². The van der Waals surface area contributed by atoms with Crippen molar-refractivity contribution in [3.8, 4) is 5.75 Å². The molecular weight excluding hydrogens is 362 g/mol. The van der Waals surface area contributed by atoms with Gasteiger partial charge in [0, 0.05) is 0 Å². The Kier molecular flexibility index (Phi) is 6.81. The van der Waals surface area contributed by atoms with Gasteiger partial charge in [-0.1, -0.05) is 18.2 Å². The Hall–Kier alpha value is -3.49. The van der Waals surface area contributed by atoms with E-state index in [4.69, 9.17) is 9.47 Å². The number of nitrogens with one attached hydrogen (secondary N) is 2. The van der Waals surface area contributed by atoms with Gasteiger partial charge >= 0.3 is 12.0 Å². The van der Waals surface area contributed by atoms with Crippen LogP contribution in [0.5, 0.6) is 5.75 Å². The van der Waals surface area contributed by atoms with Crippen molar-refractivity contribution < 1.29 is 32.6 Å². The molecular formula is C18H16F2N2O5. The van der Waals surface area contributed by atoms with Crippen molar-refractivity contribution in [2.45, 2.75) is 6.42 Å². The molecule has 0 saturated heterocycles. The molecule has 2 rings (SSSR count). The van der Waals surface area contributed by atoms with Crippen LogP contribution in [0.25, 0.3) is 0 Å². The van der Waals surface area contributed by atoms with Gasteiger partial charge in [0.25, 0.3) is 5.91 Å². The Labute approximate surface area is 153 Å². The lowest BCUT2D eigenvalue weighted by molar-refractivity contribution is -0.147. The molecule has 2 aromatic rings. The summed E-state index contributed by atoms with van der Waals surface area (Å²) in [4.78, 5) is 34.9. The fourth-order valence-corrected chi connectivity index (χ4v) is 2.06. The van der Waals surface area contributed by atoms with Crippen molar-refractivity contribution in [2.24, 2.45) is 0 Å². The lowest BCUT2D eigenvalue weighted by Crippen LogP contribution is -2.37. The quantitative estimate of drug-likeness (QED) is 0.753. The van der Waals surface area contributed by atoms with Crippen LogP contribution in [0.2, 0.25) is 0 Å². The van der Waals surface area contributed by atoms with E-state index in [2.05, 4.69) is 5.32 Å². The number of rotatable bonds is 6. The number of para-hydroxylation sites is 1. The molecule has 2 aromatic carbocycles. The monoisotopic (exact) mass is 378 g/mol. The summed E-state index contributed by atoms with van der Waals surface area (Å²) in [5.74, 6) is -2.96. The first-order chi connectivity index (χ1) is 12.9. The Balaban J connectivity index is 1.77. The zero-order chi connectivity index (χ0) is 19.8. The molecule has 0 unspecified atom stereocenters. The van der Waals surface area contributed by atoms with Crippen LogP contribution in [-0.4, -0.2) is 31.6 Å². The van der Waals surface area contributed by atoms with Gasteiger partial charge in [0.2, 0.25) is 0 Å². The Bertz CT molecular complexity index is 857. The van der Waals surface area contributed by atoms with E-state index in [1.807, 2.05) is 5.32 Å². The van der Waals surface area contributed by atoms with Gasteiger partial charge in [-0.15, -0.1) is 0 Å². The number of esters is 1. The van der Waals surface area contributed by atoms with Crippen LogP contribution in [0.3, 0.4) is 0 Å². The number of benzene rings is 2. The summed E-state index contributed by atoms with van der Waals surface area (Å²) in [6.45, 7) is -0.720. The second-order valence-corrected chi connectivity index (χ2v) is 5.29. The SMILES string of the molecule is COc1ccc(CC(=O)OCC(=O)NC(=O)Nc2ccccc2F)cc1F. The largest absolute Gasteiger partial charge is 0.494 e. The number of urea groups is 1. The Morgan fingerprint density at radius 1 is 1.04 bits per heavy atom. The van der Waals surface area contributed by atoms with Gasteiger partial charge < -0.3 is 14.8 Å². The van der Waals surface area contributed by atoms with Crippen molar-refractivity contribution in [1.29, 1.82) is 0 Å². The normalized spacial score (nSPS) is 10.0. The first-order valence-corrected chi connectivity index (χ1v) is 7.72. The third kappa shape index (κ3) is 6.07. The van der Waals surface area contributed by atoms with Crippen LogP contribution in [0.1, 0.15) is 5.56 Å². The summed E-state index contributed by atoms with van der Waals surface area (Å²) in [6.07, 6.45) is -0.268. The van der Waals surface area contributed by atoms with Gasteiger partial charge in [0.05, 0.1) is 19.2 Å². The van der Waals surface area contributed by atoms with E-state index >= 15 is 0 Å². The minimum Gasteiger partial charge on any atom is -0.494 e. The molecule has 3 amide bonds. The number of halogens is 2. The minimum absolute atomic E-state index is 0.0346. The Morgan fingerprint density at radius 2 is 1.78 bits per heavy atom. The molecule has 0 atom stereocenters. The van der Waals surface area contributed by atoms with Crippen molar-refractivity contribution in [3.05, 3.63) is 59.7 Å². The molecule has 0 fully saturated rings. The number of anilines is 1. The lowest BCUT2D eigenvalue weighted by atomic mass is 10.1. The maximum atomic E-state index is 13.6. The first-order valence-electron chi connectivity index (χ1n) is 7.72. The molecule has 0 radical (unpaired) electrons. The predicted octanol–water partition coefficient (Wildman–Crippen LogP) is 2.41. The van der Waals surface area contributed by atoms with E-state index in [0.717, 1.165) is 12.1 Å². The maximum absolute atomic E-state index is 13.6. The fraction of sp³-hybridized carbons (Fsp3) is 0.167. The molecule has 9 heteroatoms. The molecule has 27 heavy (non-hydrogen) atoms. The van der Waals surface area contributed by atoms with Crippen LogP contribution in [0.15, 0.2) is 42.5 Å². The lowest BCUT2D eigenvalue weighted by Gasteiger charge is -2.08. The third-order valence-corrected chi connectivity index (χ3v) is 3.30. The van der Waals surface area contributed by atoms with Crippen LogP contribution in [-0.2, 0) is 20.7 Å². The Morgan fingerprint density at radius 3 is 2.44 bits per heavy atom. The smallest absolute Gasteiger partial charge is 0.326 e. The van der Waals surface area contributed by atoms with E-state index < -0.39 is 36.1 Å². The second kappa shape index (κ2) is 9.27. The summed E-state index contributed by atoms with van der Waals surface area (Å²) in [7, 11) is 1.31. The fourth-order valence-electron chi connectivity index (χ4n) is 2.06. The third-order valence-electron chi connectivity index (χ3n) is 3.30. The summed E-state index contributed by atoms with van der Waals surface area (Å²) < 4.78 is 36.4. The van der Waals surface area contributed by atoms with Crippen molar-refractivity contribution in [2.75, 3.05) is 19.0 Å². The van der Waals surface area contributed by atoms with E-state index in [1.54, 1.807) is 0 Å². The van der Waals surface area contributed by atoms with Crippen molar-refractivity contribution in [3.63, 3.8) is 0 Å². The number of amides is 3. The van der Waals surface area contributed by atoms with Crippen LogP contribution >= 0.6 is 0 Å². The molecule has 2 N–H and O–H groups in total. The summed E-state index contributed by atoms with van der Waals surface area (Å²) >= 11 is 0. The van der Waals surface area contributed by atoms with Crippen molar-refractivity contribution >= 4 is 23.6 Å². The molecule has 0 spiro atoms. The van der Waals surface area contributed by atoms with Gasteiger partial charge in [-0.3, -0.25) is 14.9 Å². The highest BCUT2D eigenvalue weighted by Gasteiger charge is 2.13. The number of hydrogen-bond acceptors (Lipinski definition) is 5. The van der Waals surface area contributed by atoms with Gasteiger partial charge in [0.15, 0.2) is 18.2 Å². The van der Waals surface area contributed by atoms with E-state index in [-0.39, 0.29) is 17.9 Å². The highest BCUT2D eigenvalue weighted by Crippen LogP contribution is 2.18. The second-order valence-electron chi connectivity index (χ2n) is 5.29. The van der Waals surface area contributed by atoms with E-state index in [1.165, 1.54) is 37.4 Å². The number of carbonyl (C=O) groups excluding carboxylic acids is 3. The minimum atomic E-state index is -0.974. The average molecular weight is 378 g/mol. The summed E-state index contributed by atoms with van der Waals surface area (Å²) in [6, 6.07) is 8.37. The average Bonchev–Trinajstić information content (AvgIpc) is 2.62. The molecule has 0 bridgehead atoms. The summed E-state index contributed by atoms with van der Waals surface area (Å²) in [5.41, 5.74) is 0.220. The van der Waals surface area contributed by atoms with Gasteiger partial charge in [0.1, 0.15) is 5.82 Å². The zero-order valence-electron chi connectivity index (χ0n) is 14.3. The number of hydrogen-bond donors (Lipinski definition) is 2. The number of imide groups is 1. The van der Waals surface area contributed by atoms with E-state index in [0.29, 0.717) is 5.56 Å². The molecule has 142 valence electrons. The van der Waals surface area contributed by atoms with Crippen molar-refractivity contribution in [1.82, 2.24) is 5.32 Å². The first kappa shape index (κ1) is 19.8. The molecule has 0 aliphatic rings. The van der Waals surface area contributed by atoms with Gasteiger partial charge in [-0.25, -0.2) is 13.6 Å². The number of methoxy groups -OCH3 is 1. The molecule has 0 heterocycles. The van der Waals surface area contributed by atoms with Gasteiger partial charge in [-0.2, -0.15) is 0 Å². The van der Waals surface area contributed by atoms with Crippen LogP contribution in [0.4, 0.5) is 19.3 Å². The standard InChI is InChI=1S/C18H16F2N2O5/c1-26-15-7-6-11(8-13(15)20)9-17(24)27-10-16(23)22-18(25)21-14-5-3-2-4-12(14)19/h2-8H,9-10H2,1H3,(H2,21,22,23,25). The topological polar surface area (TPSA) is 93.7 Å². The number of carbonyl (C=O) groups is 3. The predicted molar refractivity (Wildman–Crippen MR) is 91.2 cm³/mol. The molecule has 0 aliphatic heterocycles. The van der Waals surface area contributed by atoms with Crippen LogP contribution in [0, 0.1) is 11.6 Å². The zero-order valence-corrected chi connectivity index (χ0v) is 14.3. The maximum Gasteiger partial charge on any atom is 0.326 e. The highest BCUT2D eigenvalue weighted by atomic mass is 19.1.